The first-order chi connectivity index (χ1) is 13.1. The van der Waals surface area contributed by atoms with Gasteiger partial charge < -0.3 is 21.3 Å². The second-order valence-electron chi connectivity index (χ2n) is 7.24. The van der Waals surface area contributed by atoms with Crippen LogP contribution < -0.4 is 11.5 Å². The SMILES string of the molecule is NC(=Nc1ccc(CCC(=O)N2CCCCC2)cc1)/N=C(\N)N1CCCC1. The summed E-state index contributed by atoms with van der Waals surface area (Å²) in [4.78, 5) is 24.8. The normalized spacial score (nSPS) is 18.8. The van der Waals surface area contributed by atoms with E-state index in [1.807, 2.05) is 34.1 Å². The summed E-state index contributed by atoms with van der Waals surface area (Å²) >= 11 is 0. The van der Waals surface area contributed by atoms with Crippen LogP contribution in [0.5, 0.6) is 0 Å². The van der Waals surface area contributed by atoms with Crippen molar-refractivity contribution in [1.82, 2.24) is 9.80 Å². The molecule has 0 saturated carbocycles. The number of piperidine rings is 1. The van der Waals surface area contributed by atoms with Gasteiger partial charge in [0, 0.05) is 32.6 Å². The fraction of sp³-hybridized carbons (Fsp3) is 0.550. The van der Waals surface area contributed by atoms with Crippen molar-refractivity contribution < 1.29 is 4.79 Å². The lowest BCUT2D eigenvalue weighted by Gasteiger charge is -2.26. The molecule has 2 fully saturated rings. The van der Waals surface area contributed by atoms with Crippen molar-refractivity contribution in [2.75, 3.05) is 26.2 Å². The highest BCUT2D eigenvalue weighted by Gasteiger charge is 2.16. The van der Waals surface area contributed by atoms with Gasteiger partial charge in [-0.3, -0.25) is 4.79 Å². The lowest BCUT2D eigenvalue weighted by atomic mass is 10.1. The number of amides is 1. The summed E-state index contributed by atoms with van der Waals surface area (Å²) in [6.45, 7) is 3.67. The van der Waals surface area contributed by atoms with Crippen LogP contribution in [0.1, 0.15) is 44.1 Å². The van der Waals surface area contributed by atoms with Crippen LogP contribution in [0, 0.1) is 0 Å². The molecule has 0 radical (unpaired) electrons. The largest absolute Gasteiger partial charge is 0.369 e. The quantitative estimate of drug-likeness (QED) is 0.625. The van der Waals surface area contributed by atoms with E-state index in [0.717, 1.165) is 69.5 Å². The van der Waals surface area contributed by atoms with E-state index >= 15 is 0 Å². The molecule has 0 bridgehead atoms. The maximum absolute atomic E-state index is 12.3. The summed E-state index contributed by atoms with van der Waals surface area (Å²) in [6, 6.07) is 7.77. The van der Waals surface area contributed by atoms with Gasteiger partial charge in [-0.2, -0.15) is 4.99 Å². The minimum Gasteiger partial charge on any atom is -0.369 e. The number of benzene rings is 1. The van der Waals surface area contributed by atoms with Crippen LogP contribution in [-0.4, -0.2) is 53.8 Å². The minimum absolute atomic E-state index is 0.160. The van der Waals surface area contributed by atoms with Gasteiger partial charge >= 0.3 is 0 Å². The van der Waals surface area contributed by atoms with Gasteiger partial charge in [0.2, 0.25) is 11.9 Å². The highest BCUT2D eigenvalue weighted by molar-refractivity contribution is 5.94. The van der Waals surface area contributed by atoms with Crippen LogP contribution in [0.4, 0.5) is 5.69 Å². The number of hydrogen-bond donors (Lipinski definition) is 2. The van der Waals surface area contributed by atoms with Gasteiger partial charge in [0.05, 0.1) is 5.69 Å². The number of aliphatic imine (C=N–C) groups is 2. The summed E-state index contributed by atoms with van der Waals surface area (Å²) < 4.78 is 0. The maximum atomic E-state index is 12.3. The Morgan fingerprint density at radius 1 is 0.889 bits per heavy atom. The molecular weight excluding hydrogens is 340 g/mol. The van der Waals surface area contributed by atoms with Crippen LogP contribution in [0.2, 0.25) is 0 Å². The van der Waals surface area contributed by atoms with E-state index in [9.17, 15) is 4.79 Å². The summed E-state index contributed by atoms with van der Waals surface area (Å²) in [5.74, 6) is 0.849. The topological polar surface area (TPSA) is 100 Å². The van der Waals surface area contributed by atoms with Crippen molar-refractivity contribution in [3.63, 3.8) is 0 Å². The number of rotatable bonds is 4. The zero-order valence-corrected chi connectivity index (χ0v) is 15.9. The van der Waals surface area contributed by atoms with Crippen LogP contribution in [0.15, 0.2) is 34.3 Å². The number of nitrogens with two attached hydrogens (primary N) is 2. The van der Waals surface area contributed by atoms with Crippen molar-refractivity contribution in [3.8, 4) is 0 Å². The Labute approximate surface area is 161 Å². The van der Waals surface area contributed by atoms with Gasteiger partial charge in [-0.05, 0) is 56.2 Å². The van der Waals surface area contributed by atoms with Gasteiger partial charge in [0.15, 0.2) is 5.96 Å². The monoisotopic (exact) mass is 370 g/mol. The predicted octanol–water partition coefficient (Wildman–Crippen LogP) is 1.99. The number of aryl methyl sites for hydroxylation is 1. The number of hydrogen-bond acceptors (Lipinski definition) is 2. The fourth-order valence-corrected chi connectivity index (χ4v) is 3.58. The van der Waals surface area contributed by atoms with E-state index in [0.29, 0.717) is 12.4 Å². The third-order valence-electron chi connectivity index (χ3n) is 5.18. The lowest BCUT2D eigenvalue weighted by molar-refractivity contribution is -0.132. The molecule has 0 spiro atoms. The highest BCUT2D eigenvalue weighted by atomic mass is 16.2. The molecule has 2 heterocycles. The summed E-state index contributed by atoms with van der Waals surface area (Å²) in [5.41, 5.74) is 13.7. The van der Waals surface area contributed by atoms with Crippen LogP contribution >= 0.6 is 0 Å². The molecule has 1 aromatic rings. The van der Waals surface area contributed by atoms with Gasteiger partial charge in [0.1, 0.15) is 0 Å². The van der Waals surface area contributed by atoms with E-state index in [1.54, 1.807) is 0 Å². The standard InChI is InChI=1S/C20H30N6O/c21-19(24-20(22)26-14-4-5-15-26)23-17-9-6-16(7-10-17)8-11-18(27)25-12-2-1-3-13-25/h6-7,9-10H,1-5,8,11-15H2,(H4,21,22,23,24). The third-order valence-corrected chi connectivity index (χ3v) is 5.18. The number of carbonyl (C=O) groups excluding carboxylic acids is 1. The van der Waals surface area contributed by atoms with E-state index in [2.05, 4.69) is 9.98 Å². The molecule has 0 atom stereocenters. The smallest absolute Gasteiger partial charge is 0.223 e. The lowest BCUT2D eigenvalue weighted by Crippen LogP contribution is -2.36. The molecule has 4 N–H and O–H groups in total. The summed E-state index contributed by atoms with van der Waals surface area (Å²) in [7, 11) is 0. The molecule has 1 amide bonds. The Hall–Kier alpha value is -2.57. The molecule has 3 rings (SSSR count). The molecule has 146 valence electrons. The summed E-state index contributed by atoms with van der Waals surface area (Å²) in [6.07, 6.45) is 7.07. The van der Waals surface area contributed by atoms with Gasteiger partial charge in [-0.15, -0.1) is 0 Å². The molecule has 0 aliphatic carbocycles. The van der Waals surface area contributed by atoms with Crippen LogP contribution in [-0.2, 0) is 11.2 Å². The van der Waals surface area contributed by atoms with Gasteiger partial charge in [0.25, 0.3) is 0 Å². The molecule has 0 unspecified atom stereocenters. The first-order valence-corrected chi connectivity index (χ1v) is 9.92. The molecule has 27 heavy (non-hydrogen) atoms. The van der Waals surface area contributed by atoms with Crippen molar-refractivity contribution in [3.05, 3.63) is 29.8 Å². The average molecular weight is 371 g/mol. The van der Waals surface area contributed by atoms with Gasteiger partial charge in [-0.1, -0.05) is 12.1 Å². The predicted molar refractivity (Wildman–Crippen MR) is 109 cm³/mol. The third kappa shape index (κ3) is 5.70. The zero-order valence-electron chi connectivity index (χ0n) is 15.9. The van der Waals surface area contributed by atoms with E-state index in [4.69, 9.17) is 11.5 Å². The number of carbonyl (C=O) groups is 1. The molecule has 1 aromatic carbocycles. The van der Waals surface area contributed by atoms with Crippen molar-refractivity contribution >= 4 is 23.5 Å². The summed E-state index contributed by atoms with van der Waals surface area (Å²) in [5, 5.41) is 0. The Morgan fingerprint density at radius 2 is 1.48 bits per heavy atom. The van der Waals surface area contributed by atoms with E-state index < -0.39 is 0 Å². The number of nitrogens with zero attached hydrogens (tertiary/aromatic N) is 4. The van der Waals surface area contributed by atoms with Crippen LogP contribution in [0.25, 0.3) is 0 Å². The molecule has 2 saturated heterocycles. The fourth-order valence-electron chi connectivity index (χ4n) is 3.58. The Bertz CT molecular complexity index is 685. The minimum atomic E-state index is 0.160. The number of guanidine groups is 2. The molecule has 7 nitrogen and oxygen atoms in total. The molecular formula is C20H30N6O. The zero-order chi connectivity index (χ0) is 19.1. The molecule has 2 aliphatic heterocycles. The Kier molecular flexibility index (Phi) is 6.68. The average Bonchev–Trinajstić information content (AvgIpc) is 3.23. The second kappa shape index (κ2) is 9.39. The number of likely N-dealkylation sites (tertiary alicyclic amines) is 2. The van der Waals surface area contributed by atoms with Crippen molar-refractivity contribution in [1.29, 1.82) is 0 Å². The highest BCUT2D eigenvalue weighted by Crippen LogP contribution is 2.16. The van der Waals surface area contributed by atoms with E-state index in [-0.39, 0.29) is 11.9 Å². The molecule has 0 aromatic heterocycles. The van der Waals surface area contributed by atoms with Crippen molar-refractivity contribution in [2.45, 2.75) is 44.9 Å². The second-order valence-corrected chi connectivity index (χ2v) is 7.24. The first-order valence-electron chi connectivity index (χ1n) is 9.92. The van der Waals surface area contributed by atoms with Crippen LogP contribution in [0.3, 0.4) is 0 Å². The van der Waals surface area contributed by atoms with Crippen molar-refractivity contribution in [2.24, 2.45) is 21.5 Å². The maximum Gasteiger partial charge on any atom is 0.223 e. The van der Waals surface area contributed by atoms with E-state index in [1.165, 1.54) is 6.42 Å². The Balaban J connectivity index is 1.51. The molecule has 7 heteroatoms. The van der Waals surface area contributed by atoms with Gasteiger partial charge in [-0.25, -0.2) is 4.99 Å². The molecule has 2 aliphatic rings. The first kappa shape index (κ1) is 19.2. The Morgan fingerprint density at radius 3 is 2.15 bits per heavy atom.